The number of benzene rings is 2. The van der Waals surface area contributed by atoms with E-state index in [0.717, 1.165) is 32.1 Å². The van der Waals surface area contributed by atoms with Crippen molar-refractivity contribution in [2.45, 2.75) is 104 Å². The molecule has 2 aromatic rings. The Bertz CT molecular complexity index is 1040. The Morgan fingerprint density at radius 2 is 1.51 bits per heavy atom. The van der Waals surface area contributed by atoms with E-state index in [2.05, 4.69) is 88.4 Å². The minimum absolute atomic E-state index is 0.0592. The summed E-state index contributed by atoms with van der Waals surface area (Å²) in [5, 5.41) is 2.53. The molecule has 0 N–H and O–H groups in total. The summed E-state index contributed by atoms with van der Waals surface area (Å²) in [6.07, 6.45) is 4.57. The van der Waals surface area contributed by atoms with Crippen LogP contribution in [0, 0.1) is 11.3 Å². The zero-order valence-corrected chi connectivity index (χ0v) is 26.0. The van der Waals surface area contributed by atoms with Crippen molar-refractivity contribution in [2.75, 3.05) is 13.2 Å². The average molecular weight is 553 g/mol. The molecular weight excluding hydrogens is 504 g/mol. The Balaban J connectivity index is 1.46. The molecule has 0 unspecified atom stereocenters. The molecule has 0 radical (unpaired) electrons. The fraction of sp³-hybridized carbons (Fsp3) is 0.606. The van der Waals surface area contributed by atoms with Crippen molar-refractivity contribution in [2.24, 2.45) is 11.3 Å². The molecule has 2 fully saturated rings. The number of ether oxygens (including phenoxy) is 3. The van der Waals surface area contributed by atoms with Gasteiger partial charge in [-0.25, -0.2) is 0 Å². The lowest BCUT2D eigenvalue weighted by molar-refractivity contribution is -0.281. The molecular formula is C33H48O5Si. The third-order valence-corrected chi connectivity index (χ3v) is 13.3. The van der Waals surface area contributed by atoms with E-state index in [-0.39, 0.29) is 29.1 Å². The van der Waals surface area contributed by atoms with Crippen LogP contribution >= 0.6 is 0 Å². The second-order valence-electron chi connectivity index (χ2n) is 13.5. The molecule has 0 saturated carbocycles. The summed E-state index contributed by atoms with van der Waals surface area (Å²) in [5.74, 6) is -0.554. The molecule has 0 aromatic heterocycles. The van der Waals surface area contributed by atoms with Gasteiger partial charge in [0.2, 0.25) is 0 Å². The number of rotatable bonds is 8. The van der Waals surface area contributed by atoms with E-state index in [1.165, 1.54) is 10.4 Å². The minimum atomic E-state index is -2.60. The minimum Gasteiger partial charge on any atom is -0.463 e. The summed E-state index contributed by atoms with van der Waals surface area (Å²) in [7, 11) is -2.60. The number of hydrogen-bond donors (Lipinski definition) is 0. The van der Waals surface area contributed by atoms with Gasteiger partial charge in [0.05, 0.1) is 17.6 Å². The maximum Gasteiger partial charge on any atom is 0.311 e. The van der Waals surface area contributed by atoms with Crippen LogP contribution in [0.5, 0.6) is 0 Å². The van der Waals surface area contributed by atoms with Gasteiger partial charge < -0.3 is 18.6 Å². The van der Waals surface area contributed by atoms with Crippen molar-refractivity contribution in [1.29, 1.82) is 0 Å². The molecule has 2 aromatic carbocycles. The standard InChI is InChI=1S/C33H48O5Si/c1-25(29-19-14-21-33(38-29)22-20-26(37-33)24-35-30(34)31(2,3)4)23-36-39(32(5,6)7,27-15-10-8-11-16-27)28-17-12-9-13-18-28/h8-13,15-18,25-26,29H,14,19-24H2,1-7H3/t25-,26+,29-,33+/m0/s1. The molecule has 0 bridgehead atoms. The van der Waals surface area contributed by atoms with E-state index in [9.17, 15) is 4.79 Å². The van der Waals surface area contributed by atoms with E-state index in [4.69, 9.17) is 18.6 Å². The maximum atomic E-state index is 12.2. The fourth-order valence-electron chi connectivity index (χ4n) is 6.07. The summed E-state index contributed by atoms with van der Waals surface area (Å²) >= 11 is 0. The van der Waals surface area contributed by atoms with Crippen molar-refractivity contribution < 1.29 is 23.4 Å². The lowest BCUT2D eigenvalue weighted by Gasteiger charge is -2.45. The van der Waals surface area contributed by atoms with E-state index >= 15 is 0 Å². The highest BCUT2D eigenvalue weighted by atomic mass is 28.4. The highest BCUT2D eigenvalue weighted by molar-refractivity contribution is 6.99. The molecule has 4 rings (SSSR count). The number of hydrogen-bond acceptors (Lipinski definition) is 5. The van der Waals surface area contributed by atoms with Crippen molar-refractivity contribution in [3.05, 3.63) is 60.7 Å². The van der Waals surface area contributed by atoms with Crippen molar-refractivity contribution >= 4 is 24.7 Å². The molecule has 2 aliphatic rings. The predicted octanol–water partition coefficient (Wildman–Crippen LogP) is 6.23. The second kappa shape index (κ2) is 11.9. The van der Waals surface area contributed by atoms with Crippen molar-refractivity contribution in [3.63, 3.8) is 0 Å². The first-order chi connectivity index (χ1) is 18.4. The molecule has 1 spiro atoms. The van der Waals surface area contributed by atoms with Crippen LogP contribution in [0.4, 0.5) is 0 Å². The monoisotopic (exact) mass is 552 g/mol. The van der Waals surface area contributed by atoms with E-state index in [1.54, 1.807) is 0 Å². The van der Waals surface area contributed by atoms with Crippen LogP contribution in [-0.4, -0.2) is 45.5 Å². The Morgan fingerprint density at radius 3 is 2.05 bits per heavy atom. The van der Waals surface area contributed by atoms with Gasteiger partial charge in [-0.1, -0.05) is 88.4 Å². The van der Waals surface area contributed by atoms with Gasteiger partial charge in [-0.2, -0.15) is 0 Å². The van der Waals surface area contributed by atoms with E-state index in [1.807, 2.05) is 20.8 Å². The molecule has 6 heteroatoms. The predicted molar refractivity (Wildman–Crippen MR) is 159 cm³/mol. The Morgan fingerprint density at radius 1 is 0.923 bits per heavy atom. The van der Waals surface area contributed by atoms with Gasteiger partial charge in [-0.3, -0.25) is 4.79 Å². The first-order valence-electron chi connectivity index (χ1n) is 14.6. The van der Waals surface area contributed by atoms with Gasteiger partial charge in [0.15, 0.2) is 5.79 Å². The summed E-state index contributed by atoms with van der Waals surface area (Å²) in [4.78, 5) is 12.2. The normalized spacial score (nSPS) is 25.0. The molecule has 5 nitrogen and oxygen atoms in total. The lowest BCUT2D eigenvalue weighted by Crippen LogP contribution is -2.67. The molecule has 0 aliphatic carbocycles. The molecule has 2 saturated heterocycles. The molecule has 2 heterocycles. The zero-order valence-electron chi connectivity index (χ0n) is 25.0. The quantitative estimate of drug-likeness (QED) is 0.287. The molecule has 39 heavy (non-hydrogen) atoms. The summed E-state index contributed by atoms with van der Waals surface area (Å²) in [5.41, 5.74) is -0.511. The second-order valence-corrected chi connectivity index (χ2v) is 17.8. The lowest BCUT2D eigenvalue weighted by atomic mass is 9.93. The van der Waals surface area contributed by atoms with Crippen molar-refractivity contribution in [1.82, 2.24) is 0 Å². The van der Waals surface area contributed by atoms with Gasteiger partial charge in [0, 0.05) is 25.4 Å². The third-order valence-electron chi connectivity index (χ3n) is 8.27. The smallest absolute Gasteiger partial charge is 0.311 e. The van der Waals surface area contributed by atoms with Crippen LogP contribution in [-0.2, 0) is 23.4 Å². The summed E-state index contributed by atoms with van der Waals surface area (Å²) in [6.45, 7) is 15.7. The SMILES string of the molecule is C[C@@H](CO[Si](c1ccccc1)(c1ccccc1)C(C)(C)C)[C@@H]1CCC[C@]2(CC[C@H](COC(=O)C(C)(C)C)O2)O1. The van der Waals surface area contributed by atoms with E-state index in [0.29, 0.717) is 13.2 Å². The van der Waals surface area contributed by atoms with Gasteiger partial charge in [-0.05, 0) is 55.4 Å². The molecule has 0 amide bonds. The Hall–Kier alpha value is -1.99. The van der Waals surface area contributed by atoms with Crippen LogP contribution in [0.15, 0.2) is 60.7 Å². The third kappa shape index (κ3) is 6.67. The summed E-state index contributed by atoms with van der Waals surface area (Å²) in [6, 6.07) is 21.6. The molecule has 4 atom stereocenters. The fourth-order valence-corrected chi connectivity index (χ4v) is 10.7. The number of carbonyl (C=O) groups excluding carboxylic acids is 1. The average Bonchev–Trinajstić information content (AvgIpc) is 3.29. The van der Waals surface area contributed by atoms with Gasteiger partial charge in [-0.15, -0.1) is 0 Å². The first-order valence-corrected chi connectivity index (χ1v) is 16.5. The number of esters is 1. The zero-order chi connectivity index (χ0) is 28.3. The van der Waals surface area contributed by atoms with Crippen LogP contribution < -0.4 is 10.4 Å². The maximum absolute atomic E-state index is 12.2. The molecule has 214 valence electrons. The highest BCUT2D eigenvalue weighted by Gasteiger charge is 2.51. The van der Waals surface area contributed by atoms with Crippen LogP contribution in [0.25, 0.3) is 0 Å². The number of carbonyl (C=O) groups is 1. The van der Waals surface area contributed by atoms with Crippen LogP contribution in [0.3, 0.4) is 0 Å². The highest BCUT2D eigenvalue weighted by Crippen LogP contribution is 2.43. The first kappa shape index (κ1) is 30.0. The van der Waals surface area contributed by atoms with Crippen molar-refractivity contribution in [3.8, 4) is 0 Å². The van der Waals surface area contributed by atoms with Crippen LogP contribution in [0.2, 0.25) is 5.04 Å². The van der Waals surface area contributed by atoms with Crippen LogP contribution in [0.1, 0.15) is 80.6 Å². The van der Waals surface area contributed by atoms with Gasteiger partial charge in [0.25, 0.3) is 8.32 Å². The Kier molecular flexibility index (Phi) is 9.11. The Labute approximate surface area is 236 Å². The summed E-state index contributed by atoms with van der Waals surface area (Å²) < 4.78 is 25.9. The molecule has 2 aliphatic heterocycles. The van der Waals surface area contributed by atoms with Gasteiger partial charge in [0.1, 0.15) is 6.61 Å². The van der Waals surface area contributed by atoms with Gasteiger partial charge >= 0.3 is 5.97 Å². The largest absolute Gasteiger partial charge is 0.463 e. The van der Waals surface area contributed by atoms with E-state index < -0.39 is 19.5 Å². The topological polar surface area (TPSA) is 54.0 Å².